The van der Waals surface area contributed by atoms with E-state index in [0.717, 1.165) is 12.1 Å². The van der Waals surface area contributed by atoms with Crippen molar-refractivity contribution >= 4 is 41.6 Å². The molecule has 0 aliphatic rings. The van der Waals surface area contributed by atoms with Crippen LogP contribution in [0.15, 0.2) is 27.6 Å². The zero-order chi connectivity index (χ0) is 16.4. The predicted molar refractivity (Wildman–Crippen MR) is 74.8 cm³/mol. The Morgan fingerprint density at radius 3 is 2.33 bits per heavy atom. The molecule has 1 rings (SSSR count). The third-order valence-electron chi connectivity index (χ3n) is 2.44. The van der Waals surface area contributed by atoms with Crippen molar-refractivity contribution in [1.82, 2.24) is 4.90 Å². The van der Waals surface area contributed by atoms with Crippen LogP contribution in [0.1, 0.15) is 17.3 Å². The van der Waals surface area contributed by atoms with E-state index in [0.29, 0.717) is 4.90 Å². The van der Waals surface area contributed by atoms with E-state index in [1.165, 1.54) is 13.0 Å². The van der Waals surface area contributed by atoms with Crippen LogP contribution in [0, 0.1) is 0 Å². The van der Waals surface area contributed by atoms with Gasteiger partial charge < -0.3 is 4.90 Å². The maximum Gasteiger partial charge on any atom is 0.406 e. The zero-order valence-electron chi connectivity index (χ0n) is 10.6. The lowest BCUT2D eigenvalue weighted by molar-refractivity contribution is -0.140. The molecule has 0 bridgehead atoms. The highest BCUT2D eigenvalue weighted by atomic mass is 79.9. The molecule has 0 aliphatic carbocycles. The summed E-state index contributed by atoms with van der Waals surface area (Å²) in [5.74, 6) is -0.933. The minimum Gasteiger partial charge on any atom is -0.330 e. The highest BCUT2D eigenvalue weighted by Crippen LogP contribution is 2.24. The molecule has 0 radical (unpaired) electrons. The van der Waals surface area contributed by atoms with Crippen LogP contribution < -0.4 is 0 Å². The number of carbonyl (C=O) groups is 1. The van der Waals surface area contributed by atoms with Crippen molar-refractivity contribution in [1.29, 1.82) is 0 Å². The van der Waals surface area contributed by atoms with Crippen LogP contribution in [0.2, 0.25) is 0 Å². The molecule has 21 heavy (non-hydrogen) atoms. The van der Waals surface area contributed by atoms with Crippen LogP contribution in [-0.4, -0.2) is 38.5 Å². The summed E-state index contributed by atoms with van der Waals surface area (Å²) in [6, 6.07) is 3.32. The van der Waals surface area contributed by atoms with Gasteiger partial charge in [-0.05, 0) is 25.1 Å². The Hall–Kier alpha value is -0.800. The third-order valence-corrected chi connectivity index (χ3v) is 4.23. The number of hydrogen-bond acceptors (Lipinski definition) is 3. The van der Waals surface area contributed by atoms with Crippen molar-refractivity contribution in [2.75, 3.05) is 13.1 Å². The van der Waals surface area contributed by atoms with Gasteiger partial charge in [0.2, 0.25) is 0 Å². The molecule has 0 aliphatic heterocycles. The first-order valence-corrected chi connectivity index (χ1v) is 8.65. The molecule has 0 N–H and O–H groups in total. The Bertz CT molecular complexity index is 649. The van der Waals surface area contributed by atoms with Crippen LogP contribution >= 0.6 is 26.6 Å². The molecule has 0 atom stereocenters. The Morgan fingerprint density at radius 2 is 1.90 bits per heavy atom. The van der Waals surface area contributed by atoms with Crippen LogP contribution in [0.4, 0.5) is 13.2 Å². The molecule has 0 heterocycles. The van der Waals surface area contributed by atoms with Crippen molar-refractivity contribution in [2.45, 2.75) is 18.0 Å². The Labute approximate surface area is 132 Å². The summed E-state index contributed by atoms with van der Waals surface area (Å²) in [6.07, 6.45) is -4.54. The van der Waals surface area contributed by atoms with E-state index in [2.05, 4.69) is 15.9 Å². The second-order valence-corrected chi connectivity index (χ2v) is 7.53. The van der Waals surface area contributed by atoms with E-state index in [1.54, 1.807) is 0 Å². The Morgan fingerprint density at radius 1 is 1.33 bits per heavy atom. The lowest BCUT2D eigenvalue weighted by Gasteiger charge is -2.22. The van der Waals surface area contributed by atoms with E-state index in [-0.39, 0.29) is 21.5 Å². The van der Waals surface area contributed by atoms with Gasteiger partial charge in [0.1, 0.15) is 6.54 Å². The number of halogens is 5. The molecule has 0 fully saturated rings. The maximum absolute atomic E-state index is 12.4. The van der Waals surface area contributed by atoms with Gasteiger partial charge in [-0.2, -0.15) is 13.2 Å². The zero-order valence-corrected chi connectivity index (χ0v) is 13.8. The standard InChI is InChI=1S/C11H10BrClF3NO3S/c1-2-17(6-11(14,15)16)10(18)7-3-8(12)5-9(4-7)21(13,19)20/h3-5H,2,6H2,1H3. The fourth-order valence-corrected chi connectivity index (χ4v) is 3.00. The van der Waals surface area contributed by atoms with E-state index in [1.807, 2.05) is 0 Å². The van der Waals surface area contributed by atoms with Gasteiger partial charge in [-0.25, -0.2) is 8.42 Å². The fraction of sp³-hybridized carbons (Fsp3) is 0.364. The summed E-state index contributed by atoms with van der Waals surface area (Å²) >= 11 is 2.99. The SMILES string of the molecule is CCN(CC(F)(F)F)C(=O)c1cc(Br)cc(S(=O)(=O)Cl)c1. The van der Waals surface area contributed by atoms with Gasteiger partial charge in [-0.15, -0.1) is 0 Å². The minimum atomic E-state index is -4.54. The largest absolute Gasteiger partial charge is 0.406 e. The van der Waals surface area contributed by atoms with Crippen LogP contribution in [0.25, 0.3) is 0 Å². The van der Waals surface area contributed by atoms with Crippen LogP contribution in [-0.2, 0) is 9.05 Å². The van der Waals surface area contributed by atoms with E-state index in [4.69, 9.17) is 10.7 Å². The van der Waals surface area contributed by atoms with Crippen LogP contribution in [0.3, 0.4) is 0 Å². The highest BCUT2D eigenvalue weighted by Gasteiger charge is 2.33. The summed E-state index contributed by atoms with van der Waals surface area (Å²) in [6.45, 7) is -0.202. The van der Waals surface area contributed by atoms with Gasteiger partial charge in [0.05, 0.1) is 4.90 Å². The summed E-state index contributed by atoms with van der Waals surface area (Å²) in [7, 11) is 1.07. The minimum absolute atomic E-state index is 0.173. The van der Waals surface area contributed by atoms with Gasteiger partial charge in [0.25, 0.3) is 15.0 Å². The van der Waals surface area contributed by atoms with Crippen molar-refractivity contribution < 1.29 is 26.4 Å². The number of alkyl halides is 3. The van der Waals surface area contributed by atoms with Gasteiger partial charge in [-0.3, -0.25) is 4.79 Å². The summed E-state index contributed by atoms with van der Waals surface area (Å²) in [4.78, 5) is 12.2. The van der Waals surface area contributed by atoms with Crippen LogP contribution in [0.5, 0.6) is 0 Å². The summed E-state index contributed by atoms with van der Waals surface area (Å²) < 4.78 is 59.9. The fourth-order valence-electron chi connectivity index (χ4n) is 1.55. The topological polar surface area (TPSA) is 54.5 Å². The first kappa shape index (κ1) is 18.2. The lowest BCUT2D eigenvalue weighted by atomic mass is 10.2. The molecule has 0 saturated carbocycles. The smallest absolute Gasteiger partial charge is 0.330 e. The quantitative estimate of drug-likeness (QED) is 0.718. The second-order valence-electron chi connectivity index (χ2n) is 4.05. The number of amides is 1. The molecule has 0 spiro atoms. The molecule has 4 nitrogen and oxygen atoms in total. The number of carbonyl (C=O) groups excluding carboxylic acids is 1. The Kier molecular flexibility index (Phi) is 5.68. The first-order chi connectivity index (χ1) is 9.44. The highest BCUT2D eigenvalue weighted by molar-refractivity contribution is 9.10. The van der Waals surface area contributed by atoms with Gasteiger partial charge in [0, 0.05) is 27.3 Å². The maximum atomic E-state index is 12.4. The van der Waals surface area contributed by atoms with E-state index in [9.17, 15) is 26.4 Å². The number of nitrogens with zero attached hydrogens (tertiary/aromatic N) is 1. The van der Waals surface area contributed by atoms with Gasteiger partial charge in [0.15, 0.2) is 0 Å². The van der Waals surface area contributed by atoms with Gasteiger partial charge in [-0.1, -0.05) is 15.9 Å². The molecule has 118 valence electrons. The molecule has 1 aromatic rings. The average Bonchev–Trinajstić information content (AvgIpc) is 2.32. The Balaban J connectivity index is 3.20. The van der Waals surface area contributed by atoms with E-state index < -0.39 is 27.7 Å². The molecule has 0 saturated heterocycles. The predicted octanol–water partition coefficient (Wildman–Crippen LogP) is 3.40. The normalized spacial score (nSPS) is 12.3. The third kappa shape index (κ3) is 5.48. The first-order valence-electron chi connectivity index (χ1n) is 5.55. The lowest BCUT2D eigenvalue weighted by Crippen LogP contribution is -2.38. The second kappa shape index (κ2) is 6.53. The summed E-state index contributed by atoms with van der Waals surface area (Å²) in [5.41, 5.74) is -0.199. The number of rotatable bonds is 4. The van der Waals surface area contributed by atoms with Crippen molar-refractivity contribution in [3.05, 3.63) is 28.2 Å². The molecule has 0 aromatic heterocycles. The molecule has 10 heteroatoms. The monoisotopic (exact) mass is 407 g/mol. The molecule has 1 aromatic carbocycles. The average molecular weight is 409 g/mol. The molecular weight excluding hydrogens is 399 g/mol. The van der Waals surface area contributed by atoms with E-state index >= 15 is 0 Å². The molecule has 0 unspecified atom stereocenters. The summed E-state index contributed by atoms with van der Waals surface area (Å²) in [5, 5.41) is 0. The number of hydrogen-bond donors (Lipinski definition) is 0. The van der Waals surface area contributed by atoms with Gasteiger partial charge >= 0.3 is 6.18 Å². The van der Waals surface area contributed by atoms with Crippen molar-refractivity contribution in [2.24, 2.45) is 0 Å². The molecular formula is C11H10BrClF3NO3S. The number of benzene rings is 1. The van der Waals surface area contributed by atoms with Crippen molar-refractivity contribution in [3.63, 3.8) is 0 Å². The van der Waals surface area contributed by atoms with Crippen molar-refractivity contribution in [3.8, 4) is 0 Å². The molecule has 1 amide bonds.